The van der Waals surface area contributed by atoms with Crippen molar-refractivity contribution in [2.24, 2.45) is 23.5 Å². The molecule has 0 spiro atoms. The Morgan fingerprint density at radius 3 is 1.93 bits per heavy atom. The molecule has 1 nitrogen and oxygen atoms in total. The van der Waals surface area contributed by atoms with Crippen LogP contribution in [0.3, 0.4) is 0 Å². The summed E-state index contributed by atoms with van der Waals surface area (Å²) in [6.07, 6.45) is 11.4. The van der Waals surface area contributed by atoms with E-state index in [-0.39, 0.29) is 0 Å². The van der Waals surface area contributed by atoms with Gasteiger partial charge in [0.2, 0.25) is 0 Å². The first kappa shape index (κ1) is 10.5. The van der Waals surface area contributed by atoms with Crippen molar-refractivity contribution in [2.45, 2.75) is 64.3 Å². The van der Waals surface area contributed by atoms with Crippen molar-refractivity contribution in [2.75, 3.05) is 0 Å². The highest BCUT2D eigenvalue weighted by molar-refractivity contribution is 4.90. The second kappa shape index (κ2) is 4.65. The average Bonchev–Trinajstić information content (AvgIpc) is 3.02. The first-order valence-corrected chi connectivity index (χ1v) is 6.56. The Morgan fingerprint density at radius 2 is 1.50 bits per heavy atom. The van der Waals surface area contributed by atoms with Crippen molar-refractivity contribution < 1.29 is 0 Å². The van der Waals surface area contributed by atoms with Crippen LogP contribution in [0.5, 0.6) is 0 Å². The van der Waals surface area contributed by atoms with Gasteiger partial charge >= 0.3 is 0 Å². The van der Waals surface area contributed by atoms with Crippen LogP contribution >= 0.6 is 0 Å². The quantitative estimate of drug-likeness (QED) is 0.731. The zero-order valence-electron chi connectivity index (χ0n) is 9.54. The van der Waals surface area contributed by atoms with Gasteiger partial charge in [-0.3, -0.25) is 0 Å². The maximum absolute atomic E-state index is 6.27. The molecule has 0 radical (unpaired) electrons. The highest BCUT2D eigenvalue weighted by Gasteiger charge is 2.35. The predicted octanol–water partition coefficient (Wildman–Crippen LogP) is 3.33. The molecular weight excluding hydrogens is 170 g/mol. The lowest BCUT2D eigenvalue weighted by Gasteiger charge is -2.32. The van der Waals surface area contributed by atoms with Gasteiger partial charge in [-0.25, -0.2) is 0 Å². The smallest absolute Gasteiger partial charge is 0.00956 e. The summed E-state index contributed by atoms with van der Waals surface area (Å²) in [5.74, 6) is 2.81. The molecule has 1 unspecified atom stereocenters. The molecule has 0 aromatic rings. The third-order valence-electron chi connectivity index (χ3n) is 4.30. The lowest BCUT2D eigenvalue weighted by atomic mass is 9.76. The van der Waals surface area contributed by atoms with Gasteiger partial charge in [0.05, 0.1) is 0 Å². The van der Waals surface area contributed by atoms with E-state index in [0.717, 1.165) is 17.8 Å². The SMILES string of the molecule is CCCC1CCC(C(N)C2CC2)CC1. The first-order valence-electron chi connectivity index (χ1n) is 6.56. The number of hydrogen-bond acceptors (Lipinski definition) is 1. The van der Waals surface area contributed by atoms with E-state index >= 15 is 0 Å². The molecule has 0 aromatic carbocycles. The fraction of sp³-hybridized carbons (Fsp3) is 1.00. The summed E-state index contributed by atoms with van der Waals surface area (Å²) in [7, 11) is 0. The van der Waals surface area contributed by atoms with Crippen molar-refractivity contribution in [3.8, 4) is 0 Å². The summed E-state index contributed by atoms with van der Waals surface area (Å²) in [5.41, 5.74) is 6.27. The van der Waals surface area contributed by atoms with E-state index < -0.39 is 0 Å². The highest BCUT2D eigenvalue weighted by atomic mass is 14.7. The second-order valence-electron chi connectivity index (χ2n) is 5.48. The molecule has 2 N–H and O–H groups in total. The Hall–Kier alpha value is -0.0400. The van der Waals surface area contributed by atoms with Crippen LogP contribution < -0.4 is 5.73 Å². The molecule has 0 heterocycles. The van der Waals surface area contributed by atoms with Crippen LogP contribution in [0.1, 0.15) is 58.3 Å². The molecule has 0 aliphatic heterocycles. The van der Waals surface area contributed by atoms with E-state index in [4.69, 9.17) is 5.73 Å². The fourth-order valence-electron chi connectivity index (χ4n) is 3.14. The molecule has 2 saturated carbocycles. The Morgan fingerprint density at radius 1 is 1.00 bits per heavy atom. The Balaban J connectivity index is 1.71. The molecule has 0 aromatic heterocycles. The van der Waals surface area contributed by atoms with E-state index in [1.807, 2.05) is 0 Å². The predicted molar refractivity (Wildman–Crippen MR) is 61.1 cm³/mol. The minimum atomic E-state index is 0.553. The standard InChI is InChI=1S/C13H25N/c1-2-3-10-4-6-11(7-5-10)13(14)12-8-9-12/h10-13H,2-9,14H2,1H3. The minimum absolute atomic E-state index is 0.553. The molecule has 82 valence electrons. The Kier molecular flexibility index (Phi) is 3.48. The molecule has 0 bridgehead atoms. The highest BCUT2D eigenvalue weighted by Crippen LogP contribution is 2.40. The molecule has 14 heavy (non-hydrogen) atoms. The summed E-state index contributed by atoms with van der Waals surface area (Å²) >= 11 is 0. The largest absolute Gasteiger partial charge is 0.327 e. The lowest BCUT2D eigenvalue weighted by Crippen LogP contribution is -2.34. The molecule has 2 aliphatic carbocycles. The molecule has 2 aliphatic rings. The maximum atomic E-state index is 6.27. The minimum Gasteiger partial charge on any atom is -0.327 e. The topological polar surface area (TPSA) is 26.0 Å². The van der Waals surface area contributed by atoms with Crippen molar-refractivity contribution in [3.05, 3.63) is 0 Å². The third kappa shape index (κ3) is 2.50. The molecular formula is C13H25N. The van der Waals surface area contributed by atoms with Gasteiger partial charge in [-0.05, 0) is 43.4 Å². The third-order valence-corrected chi connectivity index (χ3v) is 4.30. The van der Waals surface area contributed by atoms with E-state index in [9.17, 15) is 0 Å². The fourth-order valence-corrected chi connectivity index (χ4v) is 3.14. The Labute approximate surface area is 88.4 Å². The summed E-state index contributed by atoms with van der Waals surface area (Å²) in [6.45, 7) is 2.31. The summed E-state index contributed by atoms with van der Waals surface area (Å²) in [6, 6.07) is 0.553. The van der Waals surface area contributed by atoms with Crippen molar-refractivity contribution in [1.82, 2.24) is 0 Å². The van der Waals surface area contributed by atoms with Crippen molar-refractivity contribution >= 4 is 0 Å². The zero-order chi connectivity index (χ0) is 9.97. The van der Waals surface area contributed by atoms with Gasteiger partial charge < -0.3 is 5.73 Å². The van der Waals surface area contributed by atoms with E-state index in [1.165, 1.54) is 51.4 Å². The van der Waals surface area contributed by atoms with Crippen LogP contribution in [-0.2, 0) is 0 Å². The van der Waals surface area contributed by atoms with E-state index in [2.05, 4.69) is 6.92 Å². The monoisotopic (exact) mass is 195 g/mol. The van der Waals surface area contributed by atoms with Gasteiger partial charge in [-0.2, -0.15) is 0 Å². The van der Waals surface area contributed by atoms with Gasteiger partial charge in [0.1, 0.15) is 0 Å². The van der Waals surface area contributed by atoms with Crippen LogP contribution in [0.25, 0.3) is 0 Å². The van der Waals surface area contributed by atoms with Gasteiger partial charge in [-0.15, -0.1) is 0 Å². The van der Waals surface area contributed by atoms with Crippen molar-refractivity contribution in [1.29, 1.82) is 0 Å². The van der Waals surface area contributed by atoms with Crippen LogP contribution in [0.4, 0.5) is 0 Å². The van der Waals surface area contributed by atoms with Gasteiger partial charge in [0.15, 0.2) is 0 Å². The lowest BCUT2D eigenvalue weighted by molar-refractivity contribution is 0.223. The zero-order valence-corrected chi connectivity index (χ0v) is 9.54. The number of hydrogen-bond donors (Lipinski definition) is 1. The van der Waals surface area contributed by atoms with Crippen molar-refractivity contribution in [3.63, 3.8) is 0 Å². The number of nitrogens with two attached hydrogens (primary N) is 1. The van der Waals surface area contributed by atoms with Crippen LogP contribution in [0.2, 0.25) is 0 Å². The van der Waals surface area contributed by atoms with E-state index in [1.54, 1.807) is 0 Å². The molecule has 2 rings (SSSR count). The van der Waals surface area contributed by atoms with Crippen LogP contribution in [-0.4, -0.2) is 6.04 Å². The Bertz CT molecular complexity index is 166. The van der Waals surface area contributed by atoms with E-state index in [0.29, 0.717) is 6.04 Å². The molecule has 1 atom stereocenters. The number of rotatable bonds is 4. The molecule has 2 fully saturated rings. The molecule has 0 amide bonds. The summed E-state index contributed by atoms with van der Waals surface area (Å²) in [5, 5.41) is 0. The maximum Gasteiger partial charge on any atom is 0.00956 e. The molecule has 0 saturated heterocycles. The van der Waals surface area contributed by atoms with Gasteiger partial charge in [0, 0.05) is 6.04 Å². The second-order valence-corrected chi connectivity index (χ2v) is 5.48. The van der Waals surface area contributed by atoms with Gasteiger partial charge in [-0.1, -0.05) is 32.6 Å². The van der Waals surface area contributed by atoms with Crippen LogP contribution in [0, 0.1) is 17.8 Å². The summed E-state index contributed by atoms with van der Waals surface area (Å²) in [4.78, 5) is 0. The van der Waals surface area contributed by atoms with Gasteiger partial charge in [0.25, 0.3) is 0 Å². The average molecular weight is 195 g/mol. The summed E-state index contributed by atoms with van der Waals surface area (Å²) < 4.78 is 0. The van der Waals surface area contributed by atoms with Crippen LogP contribution in [0.15, 0.2) is 0 Å². The molecule has 1 heteroatoms. The normalized spacial score (nSPS) is 35.6. The first-order chi connectivity index (χ1) is 6.81.